The molecule has 1 saturated heterocycles. The van der Waals surface area contributed by atoms with Crippen LogP contribution in [0.2, 0.25) is 5.02 Å². The number of nitrogens with zero attached hydrogens (tertiary/aromatic N) is 2. The highest BCUT2D eigenvalue weighted by Gasteiger charge is 2.47. The summed E-state index contributed by atoms with van der Waals surface area (Å²) in [5.41, 5.74) is 3.50. The summed E-state index contributed by atoms with van der Waals surface area (Å²) < 4.78 is 0. The molecule has 1 unspecified atom stereocenters. The fraction of sp³-hybridized carbons (Fsp3) is 0.125. The Morgan fingerprint density at radius 2 is 1.67 bits per heavy atom. The Labute approximate surface area is 179 Å². The number of carbonyl (C=O) groups is 2. The Hall–Kier alpha value is -3.44. The smallest absolute Gasteiger partial charge is 0.300 e. The number of amides is 1. The van der Waals surface area contributed by atoms with Crippen LogP contribution in [0, 0.1) is 13.8 Å². The third-order valence-corrected chi connectivity index (χ3v) is 5.46. The number of rotatable bonds is 3. The van der Waals surface area contributed by atoms with E-state index >= 15 is 0 Å². The number of ketones is 1. The fourth-order valence-electron chi connectivity index (χ4n) is 3.65. The van der Waals surface area contributed by atoms with Crippen molar-refractivity contribution >= 4 is 34.7 Å². The van der Waals surface area contributed by atoms with Crippen molar-refractivity contribution in [3.05, 3.63) is 99.8 Å². The van der Waals surface area contributed by atoms with Crippen molar-refractivity contribution in [2.24, 2.45) is 0 Å². The number of carbonyl (C=O) groups excluding carboxylic acids is 2. The van der Waals surface area contributed by atoms with Crippen LogP contribution in [0.4, 0.5) is 5.69 Å². The Morgan fingerprint density at radius 1 is 1.00 bits per heavy atom. The lowest BCUT2D eigenvalue weighted by molar-refractivity contribution is -0.132. The predicted octanol–water partition coefficient (Wildman–Crippen LogP) is 4.98. The molecule has 1 aliphatic heterocycles. The average molecular weight is 419 g/mol. The van der Waals surface area contributed by atoms with E-state index in [4.69, 9.17) is 11.6 Å². The van der Waals surface area contributed by atoms with Gasteiger partial charge in [0.05, 0.1) is 11.6 Å². The van der Waals surface area contributed by atoms with Gasteiger partial charge >= 0.3 is 0 Å². The highest BCUT2D eigenvalue weighted by molar-refractivity contribution is 6.52. The first-order chi connectivity index (χ1) is 14.4. The lowest BCUT2D eigenvalue weighted by atomic mass is 9.95. The van der Waals surface area contributed by atoms with E-state index in [1.807, 2.05) is 26.0 Å². The van der Waals surface area contributed by atoms with Crippen LogP contribution in [0.1, 0.15) is 28.3 Å². The van der Waals surface area contributed by atoms with Gasteiger partial charge in [-0.05, 0) is 49.2 Å². The monoisotopic (exact) mass is 418 g/mol. The molecule has 30 heavy (non-hydrogen) atoms. The van der Waals surface area contributed by atoms with E-state index in [1.165, 1.54) is 4.90 Å². The lowest BCUT2D eigenvalue weighted by Crippen LogP contribution is -2.30. The SMILES string of the molecule is Cc1ccc(/C(O)=C2\C(=O)C(=O)N(c3cc(Cl)ccc3C)C2c2ccncc2)cc1. The summed E-state index contributed by atoms with van der Waals surface area (Å²) in [5, 5.41) is 11.5. The molecule has 2 aromatic carbocycles. The Morgan fingerprint density at radius 3 is 2.33 bits per heavy atom. The third-order valence-electron chi connectivity index (χ3n) is 5.22. The van der Waals surface area contributed by atoms with Gasteiger partial charge in [0, 0.05) is 28.7 Å². The first kappa shape index (κ1) is 19.9. The molecule has 0 aliphatic carbocycles. The average Bonchev–Trinajstić information content (AvgIpc) is 3.01. The molecule has 4 rings (SSSR count). The number of hydrogen-bond acceptors (Lipinski definition) is 4. The number of aliphatic hydroxyl groups excluding tert-OH is 1. The molecule has 0 radical (unpaired) electrons. The van der Waals surface area contributed by atoms with E-state index in [-0.39, 0.29) is 11.3 Å². The minimum atomic E-state index is -0.800. The van der Waals surface area contributed by atoms with E-state index in [0.29, 0.717) is 21.8 Å². The summed E-state index contributed by atoms with van der Waals surface area (Å²) in [4.78, 5) is 31.7. The van der Waals surface area contributed by atoms with Crippen molar-refractivity contribution in [3.8, 4) is 0 Å². The largest absolute Gasteiger partial charge is 0.507 e. The molecule has 1 N–H and O–H groups in total. The van der Waals surface area contributed by atoms with Crippen molar-refractivity contribution in [3.63, 3.8) is 0 Å². The molecule has 150 valence electrons. The number of anilines is 1. The van der Waals surface area contributed by atoms with E-state index in [2.05, 4.69) is 4.98 Å². The van der Waals surface area contributed by atoms with Gasteiger partial charge in [-0.25, -0.2) is 0 Å². The number of aromatic nitrogens is 1. The number of pyridine rings is 1. The number of Topliss-reactive ketones (excluding diaryl/α,β-unsaturated/α-hetero) is 1. The highest BCUT2D eigenvalue weighted by Crippen LogP contribution is 2.43. The summed E-state index contributed by atoms with van der Waals surface area (Å²) in [6.07, 6.45) is 3.18. The van der Waals surface area contributed by atoms with Crippen LogP contribution in [0.15, 0.2) is 72.6 Å². The van der Waals surface area contributed by atoms with Crippen LogP contribution in [-0.4, -0.2) is 21.8 Å². The molecule has 5 nitrogen and oxygen atoms in total. The topological polar surface area (TPSA) is 70.5 Å². The molecule has 3 aromatic rings. The number of hydrogen-bond donors (Lipinski definition) is 1. The molecule has 1 amide bonds. The van der Waals surface area contributed by atoms with Crippen LogP contribution in [0.25, 0.3) is 5.76 Å². The lowest BCUT2D eigenvalue weighted by Gasteiger charge is -2.26. The summed E-state index contributed by atoms with van der Waals surface area (Å²) in [7, 11) is 0. The number of benzene rings is 2. The zero-order chi connectivity index (χ0) is 21.4. The van der Waals surface area contributed by atoms with Gasteiger partial charge in [-0.2, -0.15) is 0 Å². The maximum atomic E-state index is 13.1. The fourth-order valence-corrected chi connectivity index (χ4v) is 3.82. The molecule has 0 spiro atoms. The van der Waals surface area contributed by atoms with Gasteiger partial charge in [-0.3, -0.25) is 19.5 Å². The minimum absolute atomic E-state index is 0.0365. The van der Waals surface area contributed by atoms with Gasteiger partial charge in [0.25, 0.3) is 11.7 Å². The summed E-state index contributed by atoms with van der Waals surface area (Å²) >= 11 is 6.19. The summed E-state index contributed by atoms with van der Waals surface area (Å²) in [5.74, 6) is -1.66. The van der Waals surface area contributed by atoms with Gasteiger partial charge in [0.15, 0.2) is 0 Å². The van der Waals surface area contributed by atoms with Gasteiger partial charge in [-0.15, -0.1) is 0 Å². The Balaban J connectivity index is 1.97. The van der Waals surface area contributed by atoms with Crippen molar-refractivity contribution in [2.45, 2.75) is 19.9 Å². The van der Waals surface area contributed by atoms with E-state index in [9.17, 15) is 14.7 Å². The van der Waals surface area contributed by atoms with E-state index in [1.54, 1.807) is 54.9 Å². The molecular weight excluding hydrogens is 400 g/mol. The van der Waals surface area contributed by atoms with Crippen LogP contribution >= 0.6 is 11.6 Å². The normalized spacial score (nSPS) is 18.1. The predicted molar refractivity (Wildman–Crippen MR) is 116 cm³/mol. The van der Waals surface area contributed by atoms with Crippen LogP contribution in [-0.2, 0) is 9.59 Å². The molecule has 1 atom stereocenters. The second-order valence-corrected chi connectivity index (χ2v) is 7.68. The summed E-state index contributed by atoms with van der Waals surface area (Å²) in [6, 6.07) is 15.0. The second-order valence-electron chi connectivity index (χ2n) is 7.25. The van der Waals surface area contributed by atoms with Gasteiger partial charge in [0.1, 0.15) is 5.76 Å². The Bertz CT molecular complexity index is 1170. The van der Waals surface area contributed by atoms with Gasteiger partial charge in [-0.1, -0.05) is 47.5 Å². The van der Waals surface area contributed by atoms with Crippen LogP contribution < -0.4 is 4.90 Å². The molecule has 1 aromatic heterocycles. The first-order valence-electron chi connectivity index (χ1n) is 9.42. The maximum absolute atomic E-state index is 13.1. The Kier molecular flexibility index (Phi) is 5.14. The molecule has 0 saturated carbocycles. The zero-order valence-electron chi connectivity index (χ0n) is 16.5. The van der Waals surface area contributed by atoms with Crippen molar-refractivity contribution in [2.75, 3.05) is 4.90 Å². The van der Waals surface area contributed by atoms with Crippen LogP contribution in [0.3, 0.4) is 0 Å². The summed E-state index contributed by atoms with van der Waals surface area (Å²) in [6.45, 7) is 3.77. The maximum Gasteiger partial charge on any atom is 0.300 e. The molecule has 0 bridgehead atoms. The minimum Gasteiger partial charge on any atom is -0.507 e. The first-order valence-corrected chi connectivity index (χ1v) is 9.80. The third kappa shape index (κ3) is 3.37. The van der Waals surface area contributed by atoms with Crippen molar-refractivity contribution in [1.82, 2.24) is 4.98 Å². The number of aliphatic hydroxyl groups is 1. The standard InChI is InChI=1S/C24H19ClN2O3/c1-14-3-6-17(7-4-14)22(28)20-21(16-9-11-26-12-10-16)27(24(30)23(20)29)19-13-18(25)8-5-15(19)2/h3-13,21,28H,1-2H3/b22-20+. The number of halogens is 1. The van der Waals surface area contributed by atoms with Gasteiger partial charge < -0.3 is 5.11 Å². The molecule has 1 aliphatic rings. The molecule has 1 fully saturated rings. The molecule has 2 heterocycles. The molecular formula is C24H19ClN2O3. The zero-order valence-corrected chi connectivity index (χ0v) is 17.2. The quantitative estimate of drug-likeness (QED) is 0.370. The van der Waals surface area contributed by atoms with E-state index in [0.717, 1.165) is 11.1 Å². The van der Waals surface area contributed by atoms with Gasteiger partial charge in [0.2, 0.25) is 0 Å². The molecule has 6 heteroatoms. The van der Waals surface area contributed by atoms with Crippen molar-refractivity contribution < 1.29 is 14.7 Å². The van der Waals surface area contributed by atoms with Crippen molar-refractivity contribution in [1.29, 1.82) is 0 Å². The van der Waals surface area contributed by atoms with Crippen LogP contribution in [0.5, 0.6) is 0 Å². The highest BCUT2D eigenvalue weighted by atomic mass is 35.5. The second kappa shape index (κ2) is 7.76. The number of aryl methyl sites for hydroxylation is 2. The van der Waals surface area contributed by atoms with E-state index < -0.39 is 17.7 Å².